The van der Waals surface area contributed by atoms with Gasteiger partial charge < -0.3 is 15.4 Å². The van der Waals surface area contributed by atoms with Gasteiger partial charge in [0, 0.05) is 29.9 Å². The van der Waals surface area contributed by atoms with Crippen LogP contribution in [0.5, 0.6) is 11.6 Å². The molecule has 4 aromatic rings. The Morgan fingerprint density at radius 2 is 2.03 bits per heavy atom. The number of carbonyl (C=O) groups excluding carboxylic acids is 1. The van der Waals surface area contributed by atoms with Crippen LogP contribution in [0.2, 0.25) is 0 Å². The van der Waals surface area contributed by atoms with Crippen molar-refractivity contribution >= 4 is 28.9 Å². The van der Waals surface area contributed by atoms with Crippen LogP contribution in [-0.4, -0.2) is 30.2 Å². The fourth-order valence-electron chi connectivity index (χ4n) is 2.68. The third-order valence-corrected chi connectivity index (χ3v) is 4.84. The zero-order valence-electron chi connectivity index (χ0n) is 17.5. The zero-order valence-corrected chi connectivity index (χ0v) is 18.4. The summed E-state index contributed by atoms with van der Waals surface area (Å²) in [6, 6.07) is 5.00. The second-order valence-electron chi connectivity index (χ2n) is 7.80. The van der Waals surface area contributed by atoms with E-state index in [9.17, 15) is 9.18 Å². The highest BCUT2D eigenvalue weighted by atomic mass is 32.1. The monoisotopic (exact) mass is 453 g/mol. The van der Waals surface area contributed by atoms with Gasteiger partial charge >= 0.3 is 6.03 Å². The number of halogens is 1. The number of carbonyl (C=O) groups is 1. The van der Waals surface area contributed by atoms with Crippen LogP contribution in [0.25, 0.3) is 11.4 Å². The van der Waals surface area contributed by atoms with Crippen LogP contribution in [0.3, 0.4) is 0 Å². The van der Waals surface area contributed by atoms with Gasteiger partial charge in [-0.2, -0.15) is 10.1 Å². The van der Waals surface area contributed by atoms with E-state index in [2.05, 4.69) is 30.1 Å². The van der Waals surface area contributed by atoms with E-state index in [1.807, 2.05) is 26.2 Å². The fourth-order valence-corrected chi connectivity index (χ4v) is 3.19. The predicted molar refractivity (Wildman–Crippen MR) is 119 cm³/mol. The lowest BCUT2D eigenvalue weighted by atomic mass is 10.1. The average Bonchev–Trinajstić information content (AvgIpc) is 3.43. The Bertz CT molecular complexity index is 1240. The van der Waals surface area contributed by atoms with E-state index >= 15 is 0 Å². The Hall–Kier alpha value is -3.86. The van der Waals surface area contributed by atoms with E-state index in [0.29, 0.717) is 17.3 Å². The number of rotatable bonds is 5. The minimum Gasteiger partial charge on any atom is -0.439 e. The standard InChI is InChI=1S/C21H20FN7O2S/c1-21(2,3)29-11-14(10-24-29)26-20(30)27-17-8-15(4-5-16(17)22)31-18-6-7-23-19(28-18)13-9-25-32-12-13/h4-12H,1-3H3,(H2,26,27,30). The second-order valence-corrected chi connectivity index (χ2v) is 8.46. The summed E-state index contributed by atoms with van der Waals surface area (Å²) in [4.78, 5) is 20.9. The molecule has 3 aromatic heterocycles. The molecule has 4 rings (SSSR count). The first-order valence-electron chi connectivity index (χ1n) is 9.61. The van der Waals surface area contributed by atoms with E-state index in [4.69, 9.17) is 4.74 Å². The third-order valence-electron chi connectivity index (χ3n) is 4.26. The van der Waals surface area contributed by atoms with Crippen molar-refractivity contribution in [2.45, 2.75) is 26.3 Å². The number of ether oxygens (including phenoxy) is 1. The molecule has 32 heavy (non-hydrogen) atoms. The van der Waals surface area contributed by atoms with Gasteiger partial charge in [0.1, 0.15) is 11.6 Å². The number of hydrogen-bond acceptors (Lipinski definition) is 7. The van der Waals surface area contributed by atoms with Gasteiger partial charge in [0.05, 0.1) is 34.9 Å². The molecule has 0 fully saturated rings. The van der Waals surface area contributed by atoms with Crippen molar-refractivity contribution < 1.29 is 13.9 Å². The molecule has 11 heteroatoms. The Morgan fingerprint density at radius 1 is 1.19 bits per heavy atom. The number of benzene rings is 1. The van der Waals surface area contributed by atoms with Gasteiger partial charge in [-0.1, -0.05) is 0 Å². The van der Waals surface area contributed by atoms with Gasteiger partial charge in [-0.15, -0.1) is 0 Å². The quantitative estimate of drug-likeness (QED) is 0.434. The number of aromatic nitrogens is 5. The number of hydrogen-bond donors (Lipinski definition) is 2. The maximum absolute atomic E-state index is 14.3. The Labute approximate surface area is 187 Å². The van der Waals surface area contributed by atoms with E-state index in [1.54, 1.807) is 29.3 Å². The van der Waals surface area contributed by atoms with Gasteiger partial charge in [0.2, 0.25) is 5.88 Å². The van der Waals surface area contributed by atoms with Gasteiger partial charge in [-0.3, -0.25) is 4.68 Å². The largest absolute Gasteiger partial charge is 0.439 e. The van der Waals surface area contributed by atoms with Gasteiger partial charge in [0.25, 0.3) is 0 Å². The molecule has 0 unspecified atom stereocenters. The Kier molecular flexibility index (Phi) is 5.82. The molecule has 0 atom stereocenters. The number of nitrogens with zero attached hydrogens (tertiary/aromatic N) is 5. The summed E-state index contributed by atoms with van der Waals surface area (Å²) >= 11 is 1.29. The Balaban J connectivity index is 1.45. The summed E-state index contributed by atoms with van der Waals surface area (Å²) in [6.45, 7) is 5.97. The lowest BCUT2D eigenvalue weighted by molar-refractivity contribution is 0.262. The molecule has 1 aromatic carbocycles. The molecular formula is C21H20FN7O2S. The molecule has 0 saturated carbocycles. The minimum absolute atomic E-state index is 0.0421. The maximum atomic E-state index is 14.3. The topological polar surface area (TPSA) is 107 Å². The molecule has 0 radical (unpaired) electrons. The van der Waals surface area contributed by atoms with Gasteiger partial charge in [-0.25, -0.2) is 18.5 Å². The lowest BCUT2D eigenvalue weighted by Crippen LogP contribution is -2.22. The summed E-state index contributed by atoms with van der Waals surface area (Å²) < 4.78 is 25.8. The van der Waals surface area contributed by atoms with E-state index in [0.717, 1.165) is 5.56 Å². The average molecular weight is 454 g/mol. The molecule has 0 spiro atoms. The molecule has 0 aliphatic rings. The van der Waals surface area contributed by atoms with Crippen molar-refractivity contribution in [2.75, 3.05) is 10.6 Å². The Morgan fingerprint density at radius 3 is 2.75 bits per heavy atom. The van der Waals surface area contributed by atoms with Gasteiger partial charge in [-0.05, 0) is 44.4 Å². The summed E-state index contributed by atoms with van der Waals surface area (Å²) in [5.41, 5.74) is 0.990. The van der Waals surface area contributed by atoms with E-state index in [1.165, 1.54) is 35.9 Å². The molecule has 0 aliphatic carbocycles. The van der Waals surface area contributed by atoms with Crippen molar-refractivity contribution in [3.8, 4) is 23.0 Å². The molecule has 2 N–H and O–H groups in total. The number of urea groups is 1. The molecule has 0 aliphatic heterocycles. The highest BCUT2D eigenvalue weighted by molar-refractivity contribution is 7.03. The van der Waals surface area contributed by atoms with Crippen molar-refractivity contribution in [1.82, 2.24) is 24.1 Å². The molecule has 3 heterocycles. The summed E-state index contributed by atoms with van der Waals surface area (Å²) in [5.74, 6) is 0.436. The molecule has 0 saturated heterocycles. The van der Waals surface area contributed by atoms with Crippen LogP contribution in [-0.2, 0) is 5.54 Å². The summed E-state index contributed by atoms with van der Waals surface area (Å²) in [5, 5.41) is 11.2. The van der Waals surface area contributed by atoms with E-state index in [-0.39, 0.29) is 17.1 Å². The molecule has 9 nitrogen and oxygen atoms in total. The summed E-state index contributed by atoms with van der Waals surface area (Å²) in [7, 11) is 0. The van der Waals surface area contributed by atoms with Crippen LogP contribution in [0.15, 0.2) is 54.4 Å². The number of amides is 2. The second kappa shape index (κ2) is 8.71. The summed E-state index contributed by atoms with van der Waals surface area (Å²) in [6.07, 6.45) is 6.44. The predicted octanol–water partition coefficient (Wildman–Crippen LogP) is 5.13. The van der Waals surface area contributed by atoms with Crippen LogP contribution >= 0.6 is 11.5 Å². The van der Waals surface area contributed by atoms with E-state index < -0.39 is 11.8 Å². The first-order valence-corrected chi connectivity index (χ1v) is 10.4. The van der Waals surface area contributed by atoms with Crippen molar-refractivity contribution in [1.29, 1.82) is 0 Å². The maximum Gasteiger partial charge on any atom is 0.323 e. The molecular weight excluding hydrogens is 433 g/mol. The number of nitrogens with one attached hydrogen (secondary N) is 2. The lowest BCUT2D eigenvalue weighted by Gasteiger charge is -2.18. The smallest absolute Gasteiger partial charge is 0.323 e. The van der Waals surface area contributed by atoms with Crippen LogP contribution in [0, 0.1) is 5.82 Å². The highest BCUT2D eigenvalue weighted by Crippen LogP contribution is 2.27. The highest BCUT2D eigenvalue weighted by Gasteiger charge is 2.16. The first-order chi connectivity index (χ1) is 15.3. The molecule has 2 amide bonds. The zero-order chi connectivity index (χ0) is 22.7. The van der Waals surface area contributed by atoms with Crippen LogP contribution in [0.1, 0.15) is 20.8 Å². The van der Waals surface area contributed by atoms with Crippen molar-refractivity contribution in [3.05, 3.63) is 60.3 Å². The molecule has 0 bridgehead atoms. The minimum atomic E-state index is -0.608. The van der Waals surface area contributed by atoms with Crippen LogP contribution < -0.4 is 15.4 Å². The van der Waals surface area contributed by atoms with Gasteiger partial charge in [0.15, 0.2) is 5.82 Å². The van der Waals surface area contributed by atoms with Crippen molar-refractivity contribution in [3.63, 3.8) is 0 Å². The SMILES string of the molecule is CC(C)(C)n1cc(NC(=O)Nc2cc(Oc3ccnc(-c4cnsc4)n3)ccc2F)cn1. The van der Waals surface area contributed by atoms with Crippen molar-refractivity contribution in [2.24, 2.45) is 0 Å². The first kappa shape index (κ1) is 21.4. The number of anilines is 2. The third kappa shape index (κ3) is 5.06. The van der Waals surface area contributed by atoms with Crippen LogP contribution in [0.4, 0.5) is 20.6 Å². The molecule has 164 valence electrons. The fraction of sp³-hybridized carbons (Fsp3) is 0.190. The normalized spacial score (nSPS) is 11.2.